The van der Waals surface area contributed by atoms with Crippen molar-refractivity contribution in [3.63, 3.8) is 0 Å². The Kier molecular flexibility index (Phi) is 21.6. The average molecular weight is 387 g/mol. The van der Waals surface area contributed by atoms with E-state index in [1.807, 2.05) is 0 Å². The second-order valence-electron chi connectivity index (χ2n) is 5.98. The minimum atomic E-state index is -1.75. The van der Waals surface area contributed by atoms with Crippen molar-refractivity contribution in [2.24, 2.45) is 5.92 Å². The first-order valence-corrected chi connectivity index (χ1v) is 10.1. The van der Waals surface area contributed by atoms with Crippen LogP contribution in [0.5, 0.6) is 0 Å². The molecular weight excluding hydrogens is 352 g/mol. The van der Waals surface area contributed by atoms with Gasteiger partial charge in [-0.3, -0.25) is 0 Å². The van der Waals surface area contributed by atoms with Crippen LogP contribution in [-0.4, -0.2) is 61.2 Å². The Morgan fingerprint density at radius 1 is 0.708 bits per heavy atom. The Morgan fingerprint density at radius 3 is 1.50 bits per heavy atom. The van der Waals surface area contributed by atoms with Gasteiger partial charge in [-0.2, -0.15) is 0 Å². The van der Waals surface area contributed by atoms with Gasteiger partial charge in [-0.15, -0.1) is 0 Å². The van der Waals surface area contributed by atoms with Gasteiger partial charge in [0.25, 0.3) is 0 Å². The fourth-order valence-electron chi connectivity index (χ4n) is 2.96. The van der Waals surface area contributed by atoms with Crippen molar-refractivity contribution in [1.82, 2.24) is 0 Å². The Bertz CT molecular complexity index is 257. The van der Waals surface area contributed by atoms with Crippen LogP contribution in [0.15, 0.2) is 0 Å². The first-order chi connectivity index (χ1) is 11.6. The van der Waals surface area contributed by atoms with Crippen LogP contribution < -0.4 is 0 Å². The molecule has 145 valence electrons. The van der Waals surface area contributed by atoms with Crippen molar-refractivity contribution < 1.29 is 52.1 Å². The van der Waals surface area contributed by atoms with E-state index < -0.39 is 25.1 Å². The zero-order chi connectivity index (χ0) is 18.7. The predicted octanol–water partition coefficient (Wildman–Crippen LogP) is 0.526. The van der Waals surface area contributed by atoms with Crippen LogP contribution in [0.3, 0.4) is 0 Å². The first-order valence-electron chi connectivity index (χ1n) is 8.73. The molecule has 0 fully saturated rings. The summed E-state index contributed by atoms with van der Waals surface area (Å²) < 4.78 is 15.8. The van der Waals surface area contributed by atoms with E-state index >= 15 is 0 Å². The van der Waals surface area contributed by atoms with Gasteiger partial charge in [0.2, 0.25) is 0 Å². The van der Waals surface area contributed by atoms with Gasteiger partial charge in [-0.1, -0.05) is 6.42 Å². The Balaban J connectivity index is 0. The van der Waals surface area contributed by atoms with Gasteiger partial charge in [-0.05, 0) is 63.7 Å². The zero-order valence-corrected chi connectivity index (χ0v) is 16.1. The summed E-state index contributed by atoms with van der Waals surface area (Å²) in [5.41, 5.74) is -0.845. The predicted molar refractivity (Wildman–Crippen MR) is 85.9 cm³/mol. The molecule has 0 heterocycles. The van der Waals surface area contributed by atoms with Crippen molar-refractivity contribution in [3.8, 4) is 0 Å². The summed E-state index contributed by atoms with van der Waals surface area (Å²) in [5, 5.41) is 47.0. The van der Waals surface area contributed by atoms with E-state index in [0.29, 0.717) is 38.5 Å². The molecule has 0 saturated heterocycles. The molecular formula is C16H35O7Ti. The summed E-state index contributed by atoms with van der Waals surface area (Å²) in [6, 6.07) is 0. The van der Waals surface area contributed by atoms with Crippen LogP contribution in [0.2, 0.25) is 0 Å². The van der Waals surface area contributed by atoms with E-state index in [-0.39, 0.29) is 32.3 Å². The summed E-state index contributed by atoms with van der Waals surface area (Å²) >= 11 is -1.75. The third kappa shape index (κ3) is 14.6. The molecule has 24 heavy (non-hydrogen) atoms. The maximum atomic E-state index is 11.0. The van der Waals surface area contributed by atoms with Crippen LogP contribution in [0.1, 0.15) is 64.2 Å². The average Bonchev–Trinajstić information content (AvgIpc) is 2.55. The summed E-state index contributed by atoms with van der Waals surface area (Å²) in [6.07, 6.45) is 6.98. The van der Waals surface area contributed by atoms with Crippen LogP contribution >= 0.6 is 0 Å². The molecule has 6 N–H and O–H groups in total. The topological polar surface area (TPSA) is 138 Å². The monoisotopic (exact) mass is 387 g/mol. The standard InChI is InChI=1S/C16H34O5.H2O.O.Ti/c17-11-4-1-7-15(8-14-20)16(21,9-2-5-12-18)10-3-6-13-19;;;/h15,17-21H,1-14H2;1H2;;/q;;;+1/p-1. The van der Waals surface area contributed by atoms with E-state index in [1.54, 1.807) is 0 Å². The van der Waals surface area contributed by atoms with E-state index in [2.05, 4.69) is 0 Å². The molecule has 0 spiro atoms. The number of rotatable bonds is 15. The van der Waals surface area contributed by atoms with Crippen molar-refractivity contribution in [2.75, 3.05) is 26.4 Å². The Hall–Kier alpha value is 0.274. The molecule has 0 aliphatic rings. The molecule has 0 radical (unpaired) electrons. The normalized spacial score (nSPS) is 12.2. The molecule has 7 nitrogen and oxygen atoms in total. The van der Waals surface area contributed by atoms with Crippen LogP contribution in [0.25, 0.3) is 0 Å². The Labute approximate surface area is 154 Å². The molecule has 0 bridgehead atoms. The molecule has 0 aliphatic carbocycles. The van der Waals surface area contributed by atoms with Crippen molar-refractivity contribution in [3.05, 3.63) is 0 Å². The molecule has 1 atom stereocenters. The fourth-order valence-corrected chi connectivity index (χ4v) is 2.96. The summed E-state index contributed by atoms with van der Waals surface area (Å²) in [7, 11) is 0. The van der Waals surface area contributed by atoms with E-state index in [0.717, 1.165) is 25.7 Å². The molecule has 0 aromatic rings. The van der Waals surface area contributed by atoms with Gasteiger partial charge in [-0.25, -0.2) is 0 Å². The van der Waals surface area contributed by atoms with Gasteiger partial charge in [0.05, 0.1) is 5.60 Å². The van der Waals surface area contributed by atoms with E-state index in [1.165, 1.54) is 0 Å². The molecule has 0 aromatic heterocycles. The zero-order valence-electron chi connectivity index (χ0n) is 14.6. The third-order valence-corrected chi connectivity index (χ3v) is 4.23. The van der Waals surface area contributed by atoms with Crippen LogP contribution in [0.4, 0.5) is 0 Å². The van der Waals surface area contributed by atoms with Crippen molar-refractivity contribution >= 4 is 0 Å². The molecule has 8 heteroatoms. The minimum absolute atomic E-state index is 0.00596. The second-order valence-corrected chi connectivity index (χ2v) is 6.27. The molecule has 1 unspecified atom stereocenters. The van der Waals surface area contributed by atoms with Crippen molar-refractivity contribution in [1.29, 1.82) is 0 Å². The number of aliphatic hydroxyl groups is 5. The summed E-state index contributed by atoms with van der Waals surface area (Å²) in [4.78, 5) is 0. The SMILES string of the molecule is OCCCCC(CCO)C(O)(CCCCO)CCCCO.[O]=[Ti][OH]. The number of unbranched alkanes of at least 4 members (excludes halogenated alkanes) is 3. The van der Waals surface area contributed by atoms with Crippen molar-refractivity contribution in [2.45, 2.75) is 69.8 Å². The van der Waals surface area contributed by atoms with Crippen LogP contribution in [-0.2, 0) is 22.8 Å². The number of hydrogen-bond acceptors (Lipinski definition) is 6. The third-order valence-electron chi connectivity index (χ3n) is 4.23. The first kappa shape index (κ1) is 26.5. The van der Waals surface area contributed by atoms with Gasteiger partial charge in [0.15, 0.2) is 0 Å². The molecule has 0 saturated carbocycles. The second kappa shape index (κ2) is 19.6. The molecule has 0 aliphatic heterocycles. The van der Waals surface area contributed by atoms with Gasteiger partial charge >= 0.3 is 26.5 Å². The fraction of sp³-hybridized carbons (Fsp3) is 1.00. The molecule has 0 rings (SSSR count). The van der Waals surface area contributed by atoms with E-state index in [4.69, 9.17) is 22.3 Å². The maximum absolute atomic E-state index is 11.0. The summed E-state index contributed by atoms with van der Waals surface area (Å²) in [6.45, 7) is 0.454. The van der Waals surface area contributed by atoms with Gasteiger partial charge in [0, 0.05) is 26.4 Å². The van der Waals surface area contributed by atoms with Gasteiger partial charge < -0.3 is 25.5 Å². The summed E-state index contributed by atoms with van der Waals surface area (Å²) in [5.74, 6) is 0.00596. The Morgan fingerprint density at radius 2 is 1.12 bits per heavy atom. The molecule has 0 amide bonds. The van der Waals surface area contributed by atoms with Gasteiger partial charge in [0.1, 0.15) is 0 Å². The molecule has 0 aromatic carbocycles. The number of hydrogen-bond donors (Lipinski definition) is 6. The quantitative estimate of drug-likeness (QED) is 0.178. The number of aliphatic hydroxyl groups excluding tert-OH is 4. The van der Waals surface area contributed by atoms with Crippen LogP contribution in [0, 0.1) is 5.92 Å². The van der Waals surface area contributed by atoms with E-state index in [9.17, 15) is 10.2 Å².